The van der Waals surface area contributed by atoms with Crippen molar-refractivity contribution in [3.8, 4) is 0 Å². The molecule has 0 aliphatic carbocycles. The third kappa shape index (κ3) is 2.47. The Morgan fingerprint density at radius 2 is 2.25 bits per heavy atom. The highest BCUT2D eigenvalue weighted by Crippen LogP contribution is 2.22. The van der Waals surface area contributed by atoms with Gasteiger partial charge in [0.25, 0.3) is 0 Å². The summed E-state index contributed by atoms with van der Waals surface area (Å²) in [6.45, 7) is 4.19. The fourth-order valence-corrected chi connectivity index (χ4v) is 2.06. The maximum atomic E-state index is 5.61. The Hall–Kier alpha value is -1.23. The van der Waals surface area contributed by atoms with Crippen LogP contribution in [0.1, 0.15) is 31.4 Å². The zero-order valence-electron chi connectivity index (χ0n) is 9.67. The Morgan fingerprint density at radius 1 is 1.44 bits per heavy atom. The molecule has 2 heterocycles. The van der Waals surface area contributed by atoms with Gasteiger partial charge in [0.05, 0.1) is 11.9 Å². The van der Waals surface area contributed by atoms with Crippen LogP contribution in [-0.4, -0.2) is 14.5 Å². The first-order valence-corrected chi connectivity index (χ1v) is 6.20. The molecule has 0 saturated heterocycles. The second-order valence-corrected chi connectivity index (χ2v) is 4.86. The topological polar surface area (TPSA) is 43.9 Å². The first-order chi connectivity index (χ1) is 7.66. The molecule has 0 bridgehead atoms. The third-order valence-corrected chi connectivity index (χ3v) is 3.29. The highest BCUT2D eigenvalue weighted by atomic mass is 32.2. The Bertz CT molecular complexity index is 461. The van der Waals surface area contributed by atoms with E-state index in [2.05, 4.69) is 23.8 Å². The monoisotopic (exact) mass is 237 g/mol. The van der Waals surface area contributed by atoms with E-state index in [1.807, 2.05) is 17.8 Å². The van der Waals surface area contributed by atoms with E-state index < -0.39 is 0 Å². The molecule has 0 spiro atoms. The van der Waals surface area contributed by atoms with Crippen LogP contribution in [0.4, 0.5) is 0 Å². The minimum Gasteiger partial charge on any atom is -0.445 e. The summed E-state index contributed by atoms with van der Waals surface area (Å²) >= 11 is 1.63. The first kappa shape index (κ1) is 11.3. The van der Waals surface area contributed by atoms with Gasteiger partial charge in [0.2, 0.25) is 5.89 Å². The van der Waals surface area contributed by atoms with Gasteiger partial charge >= 0.3 is 0 Å². The predicted molar refractivity (Wildman–Crippen MR) is 63.4 cm³/mol. The van der Waals surface area contributed by atoms with E-state index >= 15 is 0 Å². The van der Waals surface area contributed by atoms with Crippen molar-refractivity contribution in [2.75, 3.05) is 0 Å². The van der Waals surface area contributed by atoms with Crippen molar-refractivity contribution in [1.29, 1.82) is 0 Å². The van der Waals surface area contributed by atoms with Crippen LogP contribution in [0.3, 0.4) is 0 Å². The highest BCUT2D eigenvalue weighted by Gasteiger charge is 2.08. The second-order valence-electron chi connectivity index (χ2n) is 3.92. The van der Waals surface area contributed by atoms with Gasteiger partial charge in [0, 0.05) is 25.4 Å². The molecular weight excluding hydrogens is 222 g/mol. The lowest BCUT2D eigenvalue weighted by Gasteiger charge is -1.99. The summed E-state index contributed by atoms with van der Waals surface area (Å²) in [7, 11) is 1.98. The van der Waals surface area contributed by atoms with Crippen molar-refractivity contribution >= 4 is 11.8 Å². The van der Waals surface area contributed by atoms with Gasteiger partial charge in [-0.15, -0.1) is 0 Å². The fourth-order valence-electron chi connectivity index (χ4n) is 1.28. The van der Waals surface area contributed by atoms with Gasteiger partial charge in [-0.2, -0.15) is 0 Å². The Morgan fingerprint density at radius 3 is 2.81 bits per heavy atom. The third-order valence-electron chi connectivity index (χ3n) is 2.24. The van der Waals surface area contributed by atoms with Gasteiger partial charge < -0.3 is 8.98 Å². The van der Waals surface area contributed by atoms with E-state index in [0.717, 1.165) is 22.6 Å². The standard InChI is InChI=1S/C11H15N3OS/c1-8(2)9-6-13-10(15-9)7-16-11-12-4-5-14(11)3/h4-6,8H,7H2,1-3H3. The van der Waals surface area contributed by atoms with Crippen LogP contribution in [0.25, 0.3) is 0 Å². The molecule has 0 N–H and O–H groups in total. The fraction of sp³-hybridized carbons (Fsp3) is 0.455. The van der Waals surface area contributed by atoms with E-state index in [-0.39, 0.29) is 0 Å². The molecule has 0 fully saturated rings. The molecule has 2 rings (SSSR count). The zero-order chi connectivity index (χ0) is 11.5. The molecule has 2 aromatic heterocycles. The van der Waals surface area contributed by atoms with Crippen molar-refractivity contribution in [2.24, 2.45) is 7.05 Å². The SMILES string of the molecule is CC(C)c1cnc(CSc2nccn2C)o1. The number of hydrogen-bond donors (Lipinski definition) is 0. The van der Waals surface area contributed by atoms with E-state index in [0.29, 0.717) is 5.92 Å². The Kier molecular flexibility index (Phi) is 3.33. The second kappa shape index (κ2) is 4.74. The lowest BCUT2D eigenvalue weighted by Crippen LogP contribution is -1.89. The number of oxazole rings is 1. The summed E-state index contributed by atoms with van der Waals surface area (Å²) < 4.78 is 7.60. The van der Waals surface area contributed by atoms with Crippen molar-refractivity contribution in [3.05, 3.63) is 30.2 Å². The van der Waals surface area contributed by atoms with Crippen LogP contribution in [-0.2, 0) is 12.8 Å². The van der Waals surface area contributed by atoms with E-state index in [4.69, 9.17) is 4.42 Å². The Labute approximate surface area is 99.1 Å². The van der Waals surface area contributed by atoms with Crippen molar-refractivity contribution in [2.45, 2.75) is 30.7 Å². The maximum Gasteiger partial charge on any atom is 0.204 e. The number of thioether (sulfide) groups is 1. The molecule has 5 heteroatoms. The molecule has 0 amide bonds. The Balaban J connectivity index is 1.97. The average molecular weight is 237 g/mol. The number of hydrogen-bond acceptors (Lipinski definition) is 4. The number of rotatable bonds is 4. The van der Waals surface area contributed by atoms with Crippen LogP contribution < -0.4 is 0 Å². The molecule has 0 atom stereocenters. The summed E-state index contributed by atoms with van der Waals surface area (Å²) in [6, 6.07) is 0. The molecule has 86 valence electrons. The van der Waals surface area contributed by atoms with Crippen molar-refractivity contribution < 1.29 is 4.42 Å². The van der Waals surface area contributed by atoms with Crippen LogP contribution in [0.2, 0.25) is 0 Å². The lowest BCUT2D eigenvalue weighted by molar-refractivity contribution is 0.453. The number of nitrogens with zero attached hydrogens (tertiary/aromatic N) is 3. The predicted octanol–water partition coefficient (Wildman–Crippen LogP) is 2.82. The summed E-state index contributed by atoms with van der Waals surface area (Å²) in [5.41, 5.74) is 0. The maximum absolute atomic E-state index is 5.61. The molecule has 2 aromatic rings. The molecule has 4 nitrogen and oxygen atoms in total. The van der Waals surface area contributed by atoms with Crippen molar-refractivity contribution in [1.82, 2.24) is 14.5 Å². The van der Waals surface area contributed by atoms with Gasteiger partial charge in [-0.3, -0.25) is 0 Å². The zero-order valence-corrected chi connectivity index (χ0v) is 10.5. The van der Waals surface area contributed by atoms with Gasteiger partial charge in [-0.1, -0.05) is 25.6 Å². The van der Waals surface area contributed by atoms with Gasteiger partial charge in [-0.25, -0.2) is 9.97 Å². The molecule has 0 aliphatic heterocycles. The van der Waals surface area contributed by atoms with Gasteiger partial charge in [0.1, 0.15) is 5.76 Å². The quantitative estimate of drug-likeness (QED) is 0.767. The lowest BCUT2D eigenvalue weighted by atomic mass is 10.2. The smallest absolute Gasteiger partial charge is 0.204 e. The molecule has 0 radical (unpaired) electrons. The van der Waals surface area contributed by atoms with E-state index in [1.54, 1.807) is 24.2 Å². The summed E-state index contributed by atoms with van der Waals surface area (Å²) in [4.78, 5) is 8.47. The van der Waals surface area contributed by atoms with Crippen LogP contribution in [0, 0.1) is 0 Å². The minimum atomic E-state index is 0.388. The molecule has 0 unspecified atom stereocenters. The van der Waals surface area contributed by atoms with E-state index in [1.165, 1.54) is 0 Å². The molecular formula is C11H15N3OS. The normalized spacial score (nSPS) is 11.2. The minimum absolute atomic E-state index is 0.388. The number of imidazole rings is 1. The van der Waals surface area contributed by atoms with Gasteiger partial charge in [-0.05, 0) is 0 Å². The highest BCUT2D eigenvalue weighted by molar-refractivity contribution is 7.98. The summed E-state index contributed by atoms with van der Waals surface area (Å²) in [6.07, 6.45) is 5.52. The first-order valence-electron chi connectivity index (χ1n) is 5.21. The largest absolute Gasteiger partial charge is 0.445 e. The van der Waals surface area contributed by atoms with Crippen LogP contribution in [0.15, 0.2) is 28.2 Å². The van der Waals surface area contributed by atoms with E-state index in [9.17, 15) is 0 Å². The summed E-state index contributed by atoms with van der Waals surface area (Å²) in [5, 5.41) is 0.976. The number of aryl methyl sites for hydroxylation is 1. The molecule has 0 saturated carbocycles. The van der Waals surface area contributed by atoms with Crippen LogP contribution >= 0.6 is 11.8 Å². The number of aromatic nitrogens is 3. The molecule has 0 aromatic carbocycles. The van der Waals surface area contributed by atoms with Gasteiger partial charge in [0.15, 0.2) is 5.16 Å². The van der Waals surface area contributed by atoms with Crippen LogP contribution in [0.5, 0.6) is 0 Å². The summed E-state index contributed by atoms with van der Waals surface area (Å²) in [5.74, 6) is 2.81. The van der Waals surface area contributed by atoms with Crippen molar-refractivity contribution in [3.63, 3.8) is 0 Å². The molecule has 16 heavy (non-hydrogen) atoms. The molecule has 0 aliphatic rings. The average Bonchev–Trinajstić information content (AvgIpc) is 2.83.